The van der Waals surface area contributed by atoms with Crippen LogP contribution in [-0.4, -0.2) is 12.6 Å². The molecule has 3 atom stereocenters. The molecule has 0 saturated heterocycles. The molecule has 0 spiro atoms. The quantitative estimate of drug-likeness (QED) is 0.495. The van der Waals surface area contributed by atoms with Gasteiger partial charge >= 0.3 is 0 Å². The highest BCUT2D eigenvalue weighted by molar-refractivity contribution is 5.37. The van der Waals surface area contributed by atoms with Crippen LogP contribution in [0.2, 0.25) is 0 Å². The Labute approximate surface area is 80.0 Å². The van der Waals surface area contributed by atoms with Crippen molar-refractivity contribution < 1.29 is 9.53 Å². The van der Waals surface area contributed by atoms with Crippen molar-refractivity contribution in [2.75, 3.05) is 0 Å². The van der Waals surface area contributed by atoms with Crippen LogP contribution in [0.25, 0.3) is 0 Å². The van der Waals surface area contributed by atoms with E-state index in [1.54, 1.807) is 0 Å². The van der Waals surface area contributed by atoms with Crippen molar-refractivity contribution >= 4 is 6.47 Å². The van der Waals surface area contributed by atoms with Gasteiger partial charge in [-0.05, 0) is 25.7 Å². The van der Waals surface area contributed by atoms with Gasteiger partial charge in [0.25, 0.3) is 6.47 Å². The standard InChI is InChI=1S/C11H18O2/c1-9-6-4-5-7-11(9,3)10(2)13-8-12/h4-5,8-10H,6-7H2,1-3H3/t9?,10-,11+/m1/s1. The Kier molecular flexibility index (Phi) is 3.12. The van der Waals surface area contributed by atoms with Gasteiger partial charge in [0.1, 0.15) is 6.10 Å². The molecule has 0 saturated carbocycles. The second kappa shape index (κ2) is 3.95. The molecule has 1 rings (SSSR count). The summed E-state index contributed by atoms with van der Waals surface area (Å²) in [6, 6.07) is 0. The van der Waals surface area contributed by atoms with Crippen LogP contribution < -0.4 is 0 Å². The number of hydrogen-bond acceptors (Lipinski definition) is 2. The van der Waals surface area contributed by atoms with Gasteiger partial charge < -0.3 is 4.74 Å². The highest BCUT2D eigenvalue weighted by Gasteiger charge is 2.38. The number of carbonyl (C=O) groups excluding carboxylic acids is 1. The Balaban J connectivity index is 2.72. The molecule has 74 valence electrons. The van der Waals surface area contributed by atoms with Crippen LogP contribution in [0.3, 0.4) is 0 Å². The first kappa shape index (κ1) is 10.3. The summed E-state index contributed by atoms with van der Waals surface area (Å²) in [5.74, 6) is 0.576. The summed E-state index contributed by atoms with van der Waals surface area (Å²) in [6.07, 6.45) is 6.49. The van der Waals surface area contributed by atoms with Gasteiger partial charge in [0, 0.05) is 5.41 Å². The van der Waals surface area contributed by atoms with Gasteiger partial charge in [-0.1, -0.05) is 26.0 Å². The van der Waals surface area contributed by atoms with Crippen LogP contribution in [0.15, 0.2) is 12.2 Å². The molecule has 0 heterocycles. The Morgan fingerprint density at radius 2 is 2.31 bits per heavy atom. The maximum Gasteiger partial charge on any atom is 0.293 e. The first-order valence-corrected chi connectivity index (χ1v) is 4.85. The predicted octanol–water partition coefficient (Wildman–Crippen LogP) is 2.54. The van der Waals surface area contributed by atoms with Crippen molar-refractivity contribution in [3.63, 3.8) is 0 Å². The van der Waals surface area contributed by atoms with Gasteiger partial charge in [-0.25, -0.2) is 0 Å². The average molecular weight is 182 g/mol. The van der Waals surface area contributed by atoms with Crippen LogP contribution in [0.4, 0.5) is 0 Å². The minimum Gasteiger partial charge on any atom is -0.464 e. The first-order valence-electron chi connectivity index (χ1n) is 4.85. The van der Waals surface area contributed by atoms with E-state index in [1.807, 2.05) is 6.92 Å². The third kappa shape index (κ3) is 1.93. The molecule has 0 bridgehead atoms. The summed E-state index contributed by atoms with van der Waals surface area (Å²) in [4.78, 5) is 10.3. The van der Waals surface area contributed by atoms with Gasteiger partial charge in [0.15, 0.2) is 0 Å². The zero-order chi connectivity index (χ0) is 9.90. The van der Waals surface area contributed by atoms with Gasteiger partial charge in [-0.2, -0.15) is 0 Å². The molecule has 0 aromatic heterocycles. The van der Waals surface area contributed by atoms with E-state index in [0.717, 1.165) is 12.8 Å². The summed E-state index contributed by atoms with van der Waals surface area (Å²) < 4.78 is 5.04. The molecule has 0 amide bonds. The zero-order valence-electron chi connectivity index (χ0n) is 8.62. The summed E-state index contributed by atoms with van der Waals surface area (Å²) in [5.41, 5.74) is 0.107. The molecule has 2 heteroatoms. The second-order valence-corrected chi connectivity index (χ2v) is 4.19. The second-order valence-electron chi connectivity index (χ2n) is 4.19. The lowest BCUT2D eigenvalue weighted by atomic mass is 9.68. The number of ether oxygens (including phenoxy) is 1. The fraction of sp³-hybridized carbons (Fsp3) is 0.727. The smallest absolute Gasteiger partial charge is 0.293 e. The normalized spacial score (nSPS) is 35.5. The summed E-state index contributed by atoms with van der Waals surface area (Å²) in [5, 5.41) is 0. The Morgan fingerprint density at radius 1 is 1.62 bits per heavy atom. The van der Waals surface area contributed by atoms with Gasteiger partial charge in [0.2, 0.25) is 0 Å². The van der Waals surface area contributed by atoms with Crippen LogP contribution in [0, 0.1) is 11.3 Å². The molecule has 0 aliphatic heterocycles. The molecule has 0 N–H and O–H groups in total. The minimum atomic E-state index is 0.00458. The van der Waals surface area contributed by atoms with Gasteiger partial charge in [0.05, 0.1) is 0 Å². The lowest BCUT2D eigenvalue weighted by molar-refractivity contribution is -0.141. The number of carbonyl (C=O) groups is 1. The third-order valence-corrected chi connectivity index (χ3v) is 3.53. The Morgan fingerprint density at radius 3 is 2.85 bits per heavy atom. The molecule has 0 aromatic rings. The molecular weight excluding hydrogens is 164 g/mol. The van der Waals surface area contributed by atoms with E-state index in [-0.39, 0.29) is 11.5 Å². The summed E-state index contributed by atoms with van der Waals surface area (Å²) >= 11 is 0. The molecule has 2 nitrogen and oxygen atoms in total. The summed E-state index contributed by atoms with van der Waals surface area (Å²) in [6.45, 7) is 6.94. The van der Waals surface area contributed by atoms with Crippen molar-refractivity contribution in [1.82, 2.24) is 0 Å². The Bertz CT molecular complexity index is 210. The van der Waals surface area contributed by atoms with E-state index < -0.39 is 0 Å². The molecule has 0 fully saturated rings. The van der Waals surface area contributed by atoms with E-state index in [1.165, 1.54) is 0 Å². The maximum absolute atomic E-state index is 10.3. The topological polar surface area (TPSA) is 26.3 Å². The van der Waals surface area contributed by atoms with Crippen LogP contribution in [0.1, 0.15) is 33.6 Å². The summed E-state index contributed by atoms with van der Waals surface area (Å²) in [7, 11) is 0. The lowest BCUT2D eigenvalue weighted by Crippen LogP contribution is -2.38. The highest BCUT2D eigenvalue weighted by Crippen LogP contribution is 2.41. The average Bonchev–Trinajstić information content (AvgIpc) is 2.11. The molecule has 1 aliphatic rings. The number of rotatable bonds is 3. The molecule has 0 radical (unpaired) electrons. The largest absolute Gasteiger partial charge is 0.464 e. The van der Waals surface area contributed by atoms with Crippen molar-refractivity contribution in [2.45, 2.75) is 39.7 Å². The zero-order valence-corrected chi connectivity index (χ0v) is 8.62. The number of allylic oxidation sites excluding steroid dienone is 2. The van der Waals surface area contributed by atoms with Gasteiger partial charge in [-0.3, -0.25) is 4.79 Å². The molecule has 1 aliphatic carbocycles. The van der Waals surface area contributed by atoms with Crippen LogP contribution in [0.5, 0.6) is 0 Å². The van der Waals surface area contributed by atoms with Gasteiger partial charge in [-0.15, -0.1) is 0 Å². The third-order valence-electron chi connectivity index (χ3n) is 3.53. The van der Waals surface area contributed by atoms with E-state index in [4.69, 9.17) is 4.74 Å². The Hall–Kier alpha value is -0.790. The van der Waals surface area contributed by atoms with E-state index in [2.05, 4.69) is 26.0 Å². The highest BCUT2D eigenvalue weighted by atomic mass is 16.5. The molecule has 13 heavy (non-hydrogen) atoms. The lowest BCUT2D eigenvalue weighted by Gasteiger charge is -2.40. The monoisotopic (exact) mass is 182 g/mol. The van der Waals surface area contributed by atoms with Crippen molar-refractivity contribution in [2.24, 2.45) is 11.3 Å². The fourth-order valence-corrected chi connectivity index (χ4v) is 1.91. The first-order chi connectivity index (χ1) is 6.11. The fourth-order valence-electron chi connectivity index (χ4n) is 1.91. The van der Waals surface area contributed by atoms with Crippen molar-refractivity contribution in [3.8, 4) is 0 Å². The van der Waals surface area contributed by atoms with Crippen LogP contribution in [-0.2, 0) is 9.53 Å². The van der Waals surface area contributed by atoms with E-state index >= 15 is 0 Å². The van der Waals surface area contributed by atoms with Crippen molar-refractivity contribution in [1.29, 1.82) is 0 Å². The van der Waals surface area contributed by atoms with Crippen molar-refractivity contribution in [3.05, 3.63) is 12.2 Å². The maximum atomic E-state index is 10.3. The van der Waals surface area contributed by atoms with E-state index in [9.17, 15) is 4.79 Å². The SMILES string of the molecule is CC1CC=CC[C@]1(C)[C@@H](C)OC=O. The molecule has 1 unspecified atom stereocenters. The number of hydrogen-bond donors (Lipinski definition) is 0. The minimum absolute atomic E-state index is 0.00458. The van der Waals surface area contributed by atoms with Crippen LogP contribution >= 0.6 is 0 Å². The van der Waals surface area contributed by atoms with E-state index in [0.29, 0.717) is 12.4 Å². The molecular formula is C11H18O2. The predicted molar refractivity (Wildman–Crippen MR) is 52.3 cm³/mol. The molecule has 0 aromatic carbocycles.